The van der Waals surface area contributed by atoms with Crippen molar-refractivity contribution in [2.24, 2.45) is 13.0 Å². The number of imidazole rings is 1. The maximum atomic E-state index is 13.5. The zero-order chi connectivity index (χ0) is 22.2. The first-order valence-corrected chi connectivity index (χ1v) is 11.9. The van der Waals surface area contributed by atoms with Crippen molar-refractivity contribution in [1.82, 2.24) is 13.9 Å². The quantitative estimate of drug-likeness (QED) is 0.565. The van der Waals surface area contributed by atoms with Gasteiger partial charge < -0.3 is 9.88 Å². The van der Waals surface area contributed by atoms with E-state index >= 15 is 0 Å². The summed E-state index contributed by atoms with van der Waals surface area (Å²) in [5, 5.41) is 4.35. The highest BCUT2D eigenvalue weighted by molar-refractivity contribution is 7.89. The molecule has 3 aromatic rings. The van der Waals surface area contributed by atoms with Crippen LogP contribution in [-0.2, 0) is 17.1 Å². The minimum atomic E-state index is -3.74. The first kappa shape index (κ1) is 22.1. The van der Waals surface area contributed by atoms with E-state index in [9.17, 15) is 12.8 Å². The molecule has 0 bridgehead atoms. The van der Waals surface area contributed by atoms with Crippen LogP contribution in [0.1, 0.15) is 11.5 Å². The van der Waals surface area contributed by atoms with Crippen LogP contribution in [0.15, 0.2) is 60.0 Å². The first-order valence-electron chi connectivity index (χ1n) is 9.66. The predicted octanol–water partition coefficient (Wildman–Crippen LogP) is 4.38. The molecule has 1 N–H and O–H groups in total. The van der Waals surface area contributed by atoms with E-state index in [1.165, 1.54) is 29.0 Å². The number of nitrogens with zero attached hydrogens (tertiary/aromatic N) is 3. The number of anilines is 1. The Kier molecular flexibility index (Phi) is 6.25. The average Bonchev–Trinajstić information content (AvgIpc) is 3.33. The number of aryl methyl sites for hydroxylation is 1. The molecule has 0 spiro atoms. The van der Waals surface area contributed by atoms with E-state index in [0.717, 1.165) is 11.3 Å². The largest absolute Gasteiger partial charge is 0.385 e. The fourth-order valence-electron chi connectivity index (χ4n) is 3.88. The highest BCUT2D eigenvalue weighted by atomic mass is 35.5. The molecule has 1 aliphatic heterocycles. The van der Waals surface area contributed by atoms with E-state index in [2.05, 4.69) is 10.3 Å². The lowest BCUT2D eigenvalue weighted by molar-refractivity contribution is 0.459. The summed E-state index contributed by atoms with van der Waals surface area (Å²) in [5.41, 5.74) is 1.64. The lowest BCUT2D eigenvalue weighted by Crippen LogP contribution is -2.30. The first-order chi connectivity index (χ1) is 14.7. The van der Waals surface area contributed by atoms with E-state index in [1.54, 1.807) is 41.9 Å². The third-order valence-corrected chi connectivity index (χ3v) is 7.58. The van der Waals surface area contributed by atoms with Crippen LogP contribution in [0.5, 0.6) is 0 Å². The van der Waals surface area contributed by atoms with Gasteiger partial charge >= 0.3 is 0 Å². The van der Waals surface area contributed by atoms with Gasteiger partial charge in [0.1, 0.15) is 5.82 Å². The van der Waals surface area contributed by atoms with Crippen molar-refractivity contribution in [2.75, 3.05) is 25.0 Å². The fraction of sp³-hybridized carbons (Fsp3) is 0.286. The van der Waals surface area contributed by atoms with Crippen LogP contribution < -0.4 is 5.32 Å². The Hall–Kier alpha value is -2.13. The van der Waals surface area contributed by atoms with Crippen LogP contribution in [-0.4, -0.2) is 41.9 Å². The van der Waals surface area contributed by atoms with E-state index in [-0.39, 0.29) is 29.2 Å². The lowest BCUT2D eigenvalue weighted by atomic mass is 9.89. The minimum absolute atomic E-state index is 0.0167. The summed E-state index contributed by atoms with van der Waals surface area (Å²) in [5.74, 6) is -0.495. The molecule has 0 saturated carbocycles. The normalized spacial score (nSPS) is 19.6. The SMILES string of the molecule is Cn1cnc(S(=O)(=O)N2C[C@@H](CNc3cc(Cl)cc(Cl)c3)[C@H](c3ccc(F)cc3)C2)c1. The summed E-state index contributed by atoms with van der Waals surface area (Å²) in [7, 11) is -2.02. The van der Waals surface area contributed by atoms with Gasteiger partial charge in [0.15, 0.2) is 5.03 Å². The number of benzene rings is 2. The molecule has 2 aromatic carbocycles. The summed E-state index contributed by atoms with van der Waals surface area (Å²) in [6.45, 7) is 1.09. The van der Waals surface area contributed by atoms with Crippen molar-refractivity contribution in [3.8, 4) is 0 Å². The summed E-state index contributed by atoms with van der Waals surface area (Å²) >= 11 is 12.2. The monoisotopic (exact) mass is 482 g/mol. The molecule has 0 radical (unpaired) electrons. The van der Waals surface area contributed by atoms with E-state index in [4.69, 9.17) is 23.2 Å². The molecule has 1 fully saturated rings. The Morgan fingerprint density at radius 2 is 1.81 bits per heavy atom. The molecular weight excluding hydrogens is 462 g/mol. The van der Waals surface area contributed by atoms with Crippen molar-refractivity contribution in [2.45, 2.75) is 10.9 Å². The molecule has 31 heavy (non-hydrogen) atoms. The van der Waals surface area contributed by atoms with Crippen LogP contribution in [0.2, 0.25) is 10.0 Å². The lowest BCUT2D eigenvalue weighted by Gasteiger charge is -2.20. The van der Waals surface area contributed by atoms with Gasteiger partial charge in [-0.1, -0.05) is 35.3 Å². The topological polar surface area (TPSA) is 67.2 Å². The smallest absolute Gasteiger partial charge is 0.262 e. The highest BCUT2D eigenvalue weighted by Crippen LogP contribution is 2.36. The Balaban J connectivity index is 1.59. The van der Waals surface area contributed by atoms with Gasteiger partial charge in [-0.05, 0) is 41.8 Å². The van der Waals surface area contributed by atoms with E-state index in [1.807, 2.05) is 0 Å². The van der Waals surface area contributed by atoms with Gasteiger partial charge in [-0.15, -0.1) is 0 Å². The van der Waals surface area contributed by atoms with Crippen molar-refractivity contribution >= 4 is 38.9 Å². The Bertz CT molecular complexity index is 1160. The van der Waals surface area contributed by atoms with Gasteiger partial charge in [-0.25, -0.2) is 17.8 Å². The van der Waals surface area contributed by atoms with Gasteiger partial charge in [0.25, 0.3) is 10.0 Å². The molecule has 1 saturated heterocycles. The molecule has 0 aliphatic carbocycles. The average molecular weight is 483 g/mol. The third kappa shape index (κ3) is 4.87. The van der Waals surface area contributed by atoms with Gasteiger partial charge in [0.2, 0.25) is 0 Å². The Morgan fingerprint density at radius 1 is 1.13 bits per heavy atom. The van der Waals surface area contributed by atoms with Gasteiger partial charge in [0.05, 0.1) is 6.33 Å². The summed E-state index contributed by atoms with van der Waals surface area (Å²) < 4.78 is 42.7. The third-order valence-electron chi connectivity index (χ3n) is 5.42. The zero-order valence-corrected chi connectivity index (χ0v) is 19.0. The van der Waals surface area contributed by atoms with E-state index in [0.29, 0.717) is 23.1 Å². The van der Waals surface area contributed by atoms with Crippen LogP contribution in [0.3, 0.4) is 0 Å². The van der Waals surface area contributed by atoms with Crippen molar-refractivity contribution < 1.29 is 12.8 Å². The van der Waals surface area contributed by atoms with Gasteiger partial charge in [-0.3, -0.25) is 0 Å². The molecule has 1 aromatic heterocycles. The molecule has 6 nitrogen and oxygen atoms in total. The van der Waals surface area contributed by atoms with Crippen LogP contribution >= 0.6 is 23.2 Å². The van der Waals surface area contributed by atoms with Crippen molar-refractivity contribution in [1.29, 1.82) is 0 Å². The summed E-state index contributed by atoms with van der Waals surface area (Å²) in [6, 6.07) is 11.4. The van der Waals surface area contributed by atoms with Crippen LogP contribution in [0.4, 0.5) is 10.1 Å². The molecule has 164 valence electrons. The second kappa shape index (κ2) is 8.78. The van der Waals surface area contributed by atoms with Crippen molar-refractivity contribution in [3.63, 3.8) is 0 Å². The maximum absolute atomic E-state index is 13.5. The number of hydrogen-bond acceptors (Lipinski definition) is 4. The van der Waals surface area contributed by atoms with Crippen molar-refractivity contribution in [3.05, 3.63) is 76.4 Å². The number of sulfonamides is 1. The maximum Gasteiger partial charge on any atom is 0.262 e. The molecule has 0 unspecified atom stereocenters. The standard InChI is InChI=1S/C21H21Cl2FN4O2S/c1-27-12-21(26-13-27)31(29,30)28-10-15(9-25-19-7-16(22)6-17(23)8-19)20(11-28)14-2-4-18(24)5-3-14/h2-8,12-13,15,20,25H,9-11H2,1H3/t15-,20+/m1/s1. The predicted molar refractivity (Wildman–Crippen MR) is 120 cm³/mol. The number of nitrogens with one attached hydrogen (secondary N) is 1. The Labute approximate surface area is 190 Å². The summed E-state index contributed by atoms with van der Waals surface area (Å²) in [6.07, 6.45) is 2.95. The molecule has 2 heterocycles. The fourth-order valence-corrected chi connectivity index (χ4v) is 5.90. The van der Waals surface area contributed by atoms with Gasteiger partial charge in [-0.2, -0.15) is 4.31 Å². The second-order valence-corrected chi connectivity index (χ2v) is 10.4. The minimum Gasteiger partial charge on any atom is -0.385 e. The van der Waals surface area contributed by atoms with Crippen LogP contribution in [0, 0.1) is 11.7 Å². The number of aromatic nitrogens is 2. The molecule has 1 aliphatic rings. The van der Waals surface area contributed by atoms with Gasteiger partial charge in [0, 0.05) is 54.5 Å². The number of halogens is 3. The molecule has 10 heteroatoms. The number of hydrogen-bond donors (Lipinski definition) is 1. The number of rotatable bonds is 6. The second-order valence-electron chi connectivity index (χ2n) is 7.66. The molecular formula is C21H21Cl2FN4O2S. The molecule has 4 rings (SSSR count). The molecule has 2 atom stereocenters. The van der Waals surface area contributed by atoms with Crippen LogP contribution in [0.25, 0.3) is 0 Å². The highest BCUT2D eigenvalue weighted by Gasteiger charge is 2.40. The zero-order valence-electron chi connectivity index (χ0n) is 16.7. The summed E-state index contributed by atoms with van der Waals surface area (Å²) in [4.78, 5) is 4.02. The Morgan fingerprint density at radius 3 is 2.42 bits per heavy atom. The molecule has 0 amide bonds. The van der Waals surface area contributed by atoms with E-state index < -0.39 is 10.0 Å².